The van der Waals surface area contributed by atoms with Crippen LogP contribution >= 0.6 is 0 Å². The number of esters is 2. The van der Waals surface area contributed by atoms with Crippen molar-refractivity contribution in [2.45, 2.75) is 104 Å². The van der Waals surface area contributed by atoms with Crippen molar-refractivity contribution < 1.29 is 33.8 Å². The molecular formula is C22H38O3Zn. The molecule has 0 amide bonds. The Kier molecular flexibility index (Phi) is 21.7. The Balaban J connectivity index is 0. The fourth-order valence-electron chi connectivity index (χ4n) is 2.58. The molecule has 0 unspecified atom stereocenters. The first-order chi connectivity index (χ1) is 12.1. The van der Waals surface area contributed by atoms with Crippen LogP contribution in [0.2, 0.25) is 0 Å². The van der Waals surface area contributed by atoms with Crippen LogP contribution in [0.25, 0.3) is 0 Å². The van der Waals surface area contributed by atoms with E-state index in [1.807, 2.05) is 0 Å². The third kappa shape index (κ3) is 19.6. The maximum Gasteiger partial charge on any atom is 0.340 e. The van der Waals surface area contributed by atoms with Crippen LogP contribution in [0.4, 0.5) is 0 Å². The zero-order chi connectivity index (χ0) is 18.8. The molecule has 0 aliphatic carbocycles. The van der Waals surface area contributed by atoms with E-state index in [4.69, 9.17) is 0 Å². The van der Waals surface area contributed by atoms with Crippen molar-refractivity contribution in [3.05, 3.63) is 24.3 Å². The Morgan fingerprint density at radius 3 is 1.77 bits per heavy atom. The van der Waals surface area contributed by atoms with Crippen molar-refractivity contribution in [1.29, 1.82) is 0 Å². The maximum absolute atomic E-state index is 11.4. The summed E-state index contributed by atoms with van der Waals surface area (Å²) in [5.41, 5.74) is 0.262. The molecule has 3 nitrogen and oxygen atoms in total. The van der Waals surface area contributed by atoms with Crippen molar-refractivity contribution in [3.8, 4) is 0 Å². The molecular weight excluding hydrogens is 378 g/mol. The van der Waals surface area contributed by atoms with Crippen LogP contribution in [0.1, 0.15) is 104 Å². The number of hydrogen-bond acceptors (Lipinski definition) is 3. The van der Waals surface area contributed by atoms with Crippen LogP contribution < -0.4 is 0 Å². The number of carbonyl (C=O) groups excluding carboxylic acids is 2. The summed E-state index contributed by atoms with van der Waals surface area (Å²) in [5, 5.41) is 0. The van der Waals surface area contributed by atoms with Crippen molar-refractivity contribution in [2.24, 2.45) is 0 Å². The molecule has 0 rings (SSSR count). The molecule has 0 aliphatic heterocycles. The molecule has 0 aromatic heterocycles. The van der Waals surface area contributed by atoms with E-state index in [9.17, 15) is 9.59 Å². The van der Waals surface area contributed by atoms with Crippen LogP contribution in [0, 0.1) is 0 Å². The summed E-state index contributed by atoms with van der Waals surface area (Å²) in [6.07, 6.45) is 20.8. The molecule has 0 saturated carbocycles. The smallest absolute Gasteiger partial charge is 0.340 e. The molecule has 26 heavy (non-hydrogen) atoms. The van der Waals surface area contributed by atoms with Gasteiger partial charge in [-0.05, 0) is 39.0 Å². The number of unbranched alkanes of at least 4 members (excludes halogenated alkanes) is 11. The van der Waals surface area contributed by atoms with E-state index < -0.39 is 11.9 Å². The van der Waals surface area contributed by atoms with Gasteiger partial charge >= 0.3 is 11.9 Å². The van der Waals surface area contributed by atoms with Gasteiger partial charge in [0.25, 0.3) is 0 Å². The minimum atomic E-state index is -0.613. The average molecular weight is 416 g/mol. The zero-order valence-corrected chi connectivity index (χ0v) is 20.2. The predicted molar refractivity (Wildman–Crippen MR) is 105 cm³/mol. The third-order valence-electron chi connectivity index (χ3n) is 4.20. The van der Waals surface area contributed by atoms with Crippen LogP contribution in [0.5, 0.6) is 0 Å². The van der Waals surface area contributed by atoms with E-state index in [-0.39, 0.29) is 25.1 Å². The van der Waals surface area contributed by atoms with E-state index in [1.165, 1.54) is 64.7 Å². The molecule has 0 fully saturated rings. The minimum Gasteiger partial charge on any atom is -0.390 e. The van der Waals surface area contributed by atoms with Gasteiger partial charge in [0.05, 0.1) is 0 Å². The van der Waals surface area contributed by atoms with E-state index in [1.54, 1.807) is 0 Å². The zero-order valence-electron chi connectivity index (χ0n) is 17.2. The summed E-state index contributed by atoms with van der Waals surface area (Å²) in [5.74, 6) is -1.05. The van der Waals surface area contributed by atoms with E-state index >= 15 is 0 Å². The van der Waals surface area contributed by atoms with Crippen LogP contribution in [0.3, 0.4) is 0 Å². The monoisotopic (exact) mass is 414 g/mol. The van der Waals surface area contributed by atoms with Crippen LogP contribution in [-0.2, 0) is 33.8 Å². The number of allylic oxidation sites excluding steroid dienone is 2. The van der Waals surface area contributed by atoms with Gasteiger partial charge in [-0.3, -0.25) is 4.79 Å². The van der Waals surface area contributed by atoms with Gasteiger partial charge in [-0.25, -0.2) is 4.79 Å². The second-order valence-corrected chi connectivity index (χ2v) is 6.88. The molecule has 4 heteroatoms. The normalized spacial score (nSPS) is 10.5. The molecule has 0 bridgehead atoms. The van der Waals surface area contributed by atoms with Gasteiger partial charge in [0.1, 0.15) is 0 Å². The molecule has 0 heterocycles. The Hall–Kier alpha value is -0.757. The summed E-state index contributed by atoms with van der Waals surface area (Å²) in [6.45, 7) is 7.25. The van der Waals surface area contributed by atoms with Gasteiger partial charge in [0.15, 0.2) is 0 Å². The van der Waals surface area contributed by atoms with E-state index in [0.717, 1.165) is 25.7 Å². The van der Waals surface area contributed by atoms with Gasteiger partial charge in [-0.15, -0.1) is 0 Å². The van der Waals surface area contributed by atoms with Crippen LogP contribution in [0.15, 0.2) is 24.3 Å². The first-order valence-corrected chi connectivity index (χ1v) is 10.1. The third-order valence-corrected chi connectivity index (χ3v) is 4.20. The van der Waals surface area contributed by atoms with Crippen molar-refractivity contribution in [1.82, 2.24) is 0 Å². The van der Waals surface area contributed by atoms with Gasteiger partial charge in [0, 0.05) is 31.5 Å². The summed E-state index contributed by atoms with van der Waals surface area (Å²) in [4.78, 5) is 22.6. The summed E-state index contributed by atoms with van der Waals surface area (Å²) < 4.78 is 4.64. The molecule has 0 atom stereocenters. The fraction of sp³-hybridized carbons (Fsp3) is 0.727. The number of carbonyl (C=O) groups is 2. The maximum atomic E-state index is 11.4. The molecule has 0 aromatic carbocycles. The largest absolute Gasteiger partial charge is 0.390 e. The number of hydrogen-bond donors (Lipinski definition) is 0. The second kappa shape index (κ2) is 20.6. The molecule has 0 saturated heterocycles. The van der Waals surface area contributed by atoms with Gasteiger partial charge in [-0.2, -0.15) is 0 Å². The minimum absolute atomic E-state index is 0. The molecule has 0 aromatic rings. The Morgan fingerprint density at radius 2 is 1.27 bits per heavy atom. The average Bonchev–Trinajstić information content (AvgIpc) is 2.58. The summed E-state index contributed by atoms with van der Waals surface area (Å²) in [7, 11) is 0. The number of rotatable bonds is 16. The van der Waals surface area contributed by atoms with E-state index in [2.05, 4.69) is 30.4 Å². The molecule has 0 N–H and O–H groups in total. The molecule has 0 radical (unpaired) electrons. The first-order valence-electron chi connectivity index (χ1n) is 10.1. The number of ether oxygens (including phenoxy) is 1. The quantitative estimate of drug-likeness (QED) is 0.0706. The van der Waals surface area contributed by atoms with Gasteiger partial charge in [-0.1, -0.05) is 77.0 Å². The van der Waals surface area contributed by atoms with Crippen molar-refractivity contribution in [3.63, 3.8) is 0 Å². The Labute approximate surface area is 173 Å². The second-order valence-electron chi connectivity index (χ2n) is 6.88. The first kappa shape index (κ1) is 27.5. The Morgan fingerprint density at radius 1 is 0.808 bits per heavy atom. The van der Waals surface area contributed by atoms with Crippen molar-refractivity contribution >= 4 is 11.9 Å². The van der Waals surface area contributed by atoms with Gasteiger partial charge in [0.2, 0.25) is 0 Å². The van der Waals surface area contributed by atoms with Gasteiger partial charge < -0.3 is 4.74 Å². The van der Waals surface area contributed by atoms with Crippen molar-refractivity contribution in [2.75, 3.05) is 0 Å². The Bertz CT molecular complexity index is 402. The summed E-state index contributed by atoms with van der Waals surface area (Å²) in [6, 6.07) is 0. The molecule has 146 valence electrons. The predicted octanol–water partition coefficient (Wildman–Crippen LogP) is 6.67. The van der Waals surface area contributed by atoms with Crippen LogP contribution in [-0.4, -0.2) is 11.9 Å². The summed E-state index contributed by atoms with van der Waals surface area (Å²) >= 11 is 0. The standard InChI is InChI=1S/C22H38O3.Zn/c1-4-5-6-7-8-9-10-11-12-13-14-15-16-17-18-19-21(23)25-22(24)20(2)3;/h11-12H,2,4-10,13-19H2,1,3H3;/b12-11-;. The van der Waals surface area contributed by atoms with E-state index in [0.29, 0.717) is 6.42 Å². The fourth-order valence-corrected chi connectivity index (χ4v) is 2.58. The molecule has 0 aliphatic rings. The molecule has 0 spiro atoms. The topological polar surface area (TPSA) is 43.4 Å². The SMILES string of the molecule is C=C(C)C(=O)OC(=O)CCCCCCC/C=C\CCCCCCCC.[Zn].